The first kappa shape index (κ1) is 16.7. The zero-order valence-corrected chi connectivity index (χ0v) is 13.9. The molecular weight excluding hydrogens is 355 g/mol. The van der Waals surface area contributed by atoms with E-state index in [4.69, 9.17) is 0 Å². The summed E-state index contributed by atoms with van der Waals surface area (Å²) in [5, 5.41) is 3.16. The molecule has 1 aromatic carbocycles. The number of nitrogens with one attached hydrogen (secondary N) is 1. The molecule has 2 amide bonds. The van der Waals surface area contributed by atoms with Gasteiger partial charge in [-0.05, 0) is 0 Å². The van der Waals surface area contributed by atoms with Crippen molar-refractivity contribution in [3.05, 3.63) is 42.1 Å². The van der Waals surface area contributed by atoms with Crippen molar-refractivity contribution in [3.63, 3.8) is 0 Å². The number of likely N-dealkylation sites (tertiary alicyclic amines) is 1. The zero-order valence-electron chi connectivity index (χ0n) is 12.5. The molecule has 123 valence electrons. The average molecular weight is 368 g/mol. The Morgan fingerprint density at radius 1 is 1.29 bits per heavy atom. The molecule has 2 aromatic rings. The number of pyridine rings is 1. The summed E-state index contributed by atoms with van der Waals surface area (Å²) in [5.74, 6) is -3.92. The number of benzene rings is 1. The van der Waals surface area contributed by atoms with Crippen LogP contribution in [0.1, 0.15) is 16.8 Å². The van der Waals surface area contributed by atoms with Gasteiger partial charge >= 0.3 is 145 Å². The number of amides is 2. The number of rotatable bonds is 3. The fraction of sp³-hybridized carbons (Fsp3) is 0.250. The SMILES string of the molecule is O=C(NCC(=O)N1CC(F)(F)C[C]1=[V])c1ccnc2ccccc12. The molecule has 0 radical (unpaired) electrons. The van der Waals surface area contributed by atoms with E-state index in [1.807, 2.05) is 23.0 Å². The summed E-state index contributed by atoms with van der Waals surface area (Å²) in [6.45, 7) is -0.989. The minimum atomic E-state index is -2.91. The Morgan fingerprint density at radius 3 is 2.75 bits per heavy atom. The molecule has 3 rings (SSSR count). The monoisotopic (exact) mass is 368 g/mol. The van der Waals surface area contributed by atoms with Crippen molar-refractivity contribution in [2.75, 3.05) is 13.1 Å². The first-order valence-electron chi connectivity index (χ1n) is 7.22. The molecule has 5 nitrogen and oxygen atoms in total. The van der Waals surface area contributed by atoms with Crippen LogP contribution in [-0.2, 0) is 21.8 Å². The maximum absolute atomic E-state index is 13.3. The van der Waals surface area contributed by atoms with Crippen LogP contribution in [0.15, 0.2) is 36.5 Å². The molecule has 0 aliphatic carbocycles. The number of carbonyl (C=O) groups excluding carboxylic acids is 2. The molecule has 0 unspecified atom stereocenters. The van der Waals surface area contributed by atoms with Crippen LogP contribution in [0.2, 0.25) is 0 Å². The van der Waals surface area contributed by atoms with E-state index in [2.05, 4.69) is 10.3 Å². The molecule has 1 saturated heterocycles. The Labute approximate surface area is 145 Å². The number of hydrogen-bond acceptors (Lipinski definition) is 3. The van der Waals surface area contributed by atoms with Gasteiger partial charge in [0.2, 0.25) is 0 Å². The number of para-hydroxylation sites is 1. The molecule has 0 spiro atoms. The van der Waals surface area contributed by atoms with Crippen LogP contribution >= 0.6 is 0 Å². The van der Waals surface area contributed by atoms with Gasteiger partial charge in [0.25, 0.3) is 0 Å². The molecule has 1 aromatic heterocycles. The molecule has 0 saturated carbocycles. The maximum atomic E-state index is 13.3. The van der Waals surface area contributed by atoms with Crippen molar-refractivity contribution < 1.29 is 35.3 Å². The van der Waals surface area contributed by atoms with Gasteiger partial charge in [0.1, 0.15) is 0 Å². The van der Waals surface area contributed by atoms with E-state index >= 15 is 0 Å². The van der Waals surface area contributed by atoms with Crippen LogP contribution in [0.3, 0.4) is 0 Å². The molecule has 1 fully saturated rings. The van der Waals surface area contributed by atoms with E-state index in [1.54, 1.807) is 24.3 Å². The second-order valence-corrected chi connectivity index (χ2v) is 6.29. The average Bonchev–Trinajstić information content (AvgIpc) is 2.84. The van der Waals surface area contributed by atoms with Crippen molar-refractivity contribution >= 4 is 27.1 Å². The number of hydrogen-bond donors (Lipinski definition) is 1. The van der Waals surface area contributed by atoms with Gasteiger partial charge in [-0.2, -0.15) is 0 Å². The fourth-order valence-corrected chi connectivity index (χ4v) is 3.22. The third kappa shape index (κ3) is 3.37. The van der Waals surface area contributed by atoms with Gasteiger partial charge in [0.15, 0.2) is 0 Å². The summed E-state index contributed by atoms with van der Waals surface area (Å²) >= 11 is 1.99. The second-order valence-electron chi connectivity index (χ2n) is 5.49. The third-order valence-corrected chi connectivity index (χ3v) is 4.34. The van der Waals surface area contributed by atoms with Crippen molar-refractivity contribution in [3.8, 4) is 0 Å². The summed E-state index contributed by atoms with van der Waals surface area (Å²) in [6.07, 6.45) is 1.05. The van der Waals surface area contributed by atoms with Crippen LogP contribution in [-0.4, -0.2) is 45.1 Å². The molecule has 1 N–H and O–H groups in total. The van der Waals surface area contributed by atoms with Crippen LogP contribution in [0.5, 0.6) is 0 Å². The number of carbonyl (C=O) groups is 2. The molecule has 0 atom stereocenters. The zero-order chi connectivity index (χ0) is 17.3. The Kier molecular flexibility index (Phi) is 4.47. The van der Waals surface area contributed by atoms with Gasteiger partial charge in [-0.25, -0.2) is 0 Å². The number of aromatic nitrogens is 1. The summed E-state index contributed by atoms with van der Waals surface area (Å²) < 4.78 is 26.9. The normalized spacial score (nSPS) is 16.4. The summed E-state index contributed by atoms with van der Waals surface area (Å²) in [5.41, 5.74) is 1.05. The second kappa shape index (κ2) is 6.41. The number of nitrogens with zero attached hydrogens (tertiary/aromatic N) is 2. The minimum absolute atomic E-state index is 0.251. The first-order valence-corrected chi connectivity index (χ1v) is 7.92. The van der Waals surface area contributed by atoms with Crippen LogP contribution in [0.25, 0.3) is 10.9 Å². The van der Waals surface area contributed by atoms with Gasteiger partial charge in [-0.15, -0.1) is 0 Å². The van der Waals surface area contributed by atoms with Gasteiger partial charge < -0.3 is 0 Å². The number of halogens is 2. The topological polar surface area (TPSA) is 62.3 Å². The molecule has 2 heterocycles. The molecule has 8 heteroatoms. The van der Waals surface area contributed by atoms with Gasteiger partial charge in [0.05, 0.1) is 0 Å². The third-order valence-electron chi connectivity index (χ3n) is 3.71. The van der Waals surface area contributed by atoms with Crippen LogP contribution in [0, 0.1) is 0 Å². The van der Waals surface area contributed by atoms with Crippen molar-refractivity contribution in [2.45, 2.75) is 12.3 Å². The van der Waals surface area contributed by atoms with Crippen molar-refractivity contribution in [1.82, 2.24) is 15.2 Å². The van der Waals surface area contributed by atoms with Crippen molar-refractivity contribution in [2.24, 2.45) is 0 Å². The van der Waals surface area contributed by atoms with Gasteiger partial charge in [-0.1, -0.05) is 0 Å². The summed E-state index contributed by atoms with van der Waals surface area (Å²) in [7, 11) is 0. The molecule has 1 aliphatic rings. The quantitative estimate of drug-likeness (QED) is 0.894. The Balaban J connectivity index is 1.69. The van der Waals surface area contributed by atoms with Crippen LogP contribution in [0.4, 0.5) is 8.78 Å². The van der Waals surface area contributed by atoms with E-state index in [0.717, 1.165) is 4.90 Å². The van der Waals surface area contributed by atoms with Crippen molar-refractivity contribution in [1.29, 1.82) is 0 Å². The summed E-state index contributed by atoms with van der Waals surface area (Å²) in [4.78, 5) is 29.6. The van der Waals surface area contributed by atoms with Crippen LogP contribution < -0.4 is 5.32 Å². The molecule has 0 bridgehead atoms. The Morgan fingerprint density at radius 2 is 2.04 bits per heavy atom. The first-order chi connectivity index (χ1) is 11.4. The molecular formula is C16H13F2N3O2V. The summed E-state index contributed by atoms with van der Waals surface area (Å²) in [6, 6.07) is 8.69. The molecule has 1 aliphatic heterocycles. The van der Waals surface area contributed by atoms with E-state index in [9.17, 15) is 18.4 Å². The Hall–Kier alpha value is -2.12. The number of alkyl halides is 2. The predicted molar refractivity (Wildman–Crippen MR) is 80.4 cm³/mol. The fourth-order valence-electron chi connectivity index (χ4n) is 2.58. The van der Waals surface area contributed by atoms with E-state index in [0.29, 0.717) is 16.5 Å². The van der Waals surface area contributed by atoms with E-state index in [-0.39, 0.29) is 10.9 Å². The standard InChI is InChI=1S/C16H13F2N3O2.V/c17-16(18)6-8-21(10-16)14(22)9-20-15(23)12-5-7-19-13-4-2-1-3-11(12)13;/h1-5,7H,6,9-10H2,(H,20,23);. The van der Waals surface area contributed by atoms with E-state index < -0.39 is 30.7 Å². The van der Waals surface area contributed by atoms with E-state index in [1.165, 1.54) is 6.20 Å². The number of fused-ring (bicyclic) bond motifs is 1. The van der Waals surface area contributed by atoms with Gasteiger partial charge in [-0.3, -0.25) is 0 Å². The van der Waals surface area contributed by atoms with Gasteiger partial charge in [0, 0.05) is 0 Å². The Bertz CT molecular complexity index is 836. The molecule has 24 heavy (non-hydrogen) atoms. The predicted octanol–water partition coefficient (Wildman–Crippen LogP) is 1.51.